The summed E-state index contributed by atoms with van der Waals surface area (Å²) >= 11 is 0. The molecular formula is C11H17N3O3S. The number of nitrogens with zero attached hydrogens (tertiary/aromatic N) is 1. The first-order valence-electron chi connectivity index (χ1n) is 5.29. The summed E-state index contributed by atoms with van der Waals surface area (Å²) in [7, 11) is -1.28. The van der Waals surface area contributed by atoms with Gasteiger partial charge in [-0.05, 0) is 18.2 Å². The van der Waals surface area contributed by atoms with Crippen LogP contribution < -0.4 is 16.4 Å². The zero-order valence-corrected chi connectivity index (χ0v) is 11.2. The molecule has 100 valence electrons. The Balaban J connectivity index is 2.90. The molecule has 6 nitrogen and oxygen atoms in total. The second-order valence-corrected chi connectivity index (χ2v) is 6.45. The van der Waals surface area contributed by atoms with Gasteiger partial charge in [-0.25, -0.2) is 8.42 Å². The van der Waals surface area contributed by atoms with Crippen LogP contribution in [0.15, 0.2) is 18.2 Å². The molecule has 7 heteroatoms. The normalized spacial score (nSPS) is 11.2. The number of sulfone groups is 1. The zero-order valence-electron chi connectivity index (χ0n) is 10.4. The van der Waals surface area contributed by atoms with E-state index in [-0.39, 0.29) is 11.3 Å². The minimum Gasteiger partial charge on any atom is -0.398 e. The number of carbonyl (C=O) groups excluding carboxylic acids is 1. The molecule has 0 fully saturated rings. The highest BCUT2D eigenvalue weighted by atomic mass is 32.2. The van der Waals surface area contributed by atoms with E-state index in [0.717, 1.165) is 0 Å². The summed E-state index contributed by atoms with van der Waals surface area (Å²) in [5.41, 5.74) is 12.1. The van der Waals surface area contributed by atoms with Crippen molar-refractivity contribution in [3.63, 3.8) is 0 Å². The Morgan fingerprint density at radius 3 is 2.50 bits per heavy atom. The van der Waals surface area contributed by atoms with E-state index in [0.29, 0.717) is 17.9 Å². The van der Waals surface area contributed by atoms with Crippen LogP contribution in [0.25, 0.3) is 0 Å². The maximum Gasteiger partial charge on any atom is 0.250 e. The van der Waals surface area contributed by atoms with E-state index >= 15 is 0 Å². The molecule has 0 aliphatic heterocycles. The highest BCUT2D eigenvalue weighted by Gasteiger charge is 2.10. The smallest absolute Gasteiger partial charge is 0.250 e. The number of nitrogens with two attached hydrogens (primary N) is 2. The van der Waals surface area contributed by atoms with Crippen LogP contribution >= 0.6 is 0 Å². The summed E-state index contributed by atoms with van der Waals surface area (Å²) in [4.78, 5) is 12.9. The van der Waals surface area contributed by atoms with E-state index in [1.54, 1.807) is 30.1 Å². The second-order valence-electron chi connectivity index (χ2n) is 4.19. The lowest BCUT2D eigenvalue weighted by Gasteiger charge is -2.19. The molecule has 1 amide bonds. The van der Waals surface area contributed by atoms with Crippen LogP contribution in [0.4, 0.5) is 11.4 Å². The van der Waals surface area contributed by atoms with Crippen LogP contribution in [0.2, 0.25) is 0 Å². The number of amides is 1. The fourth-order valence-corrected chi connectivity index (χ4v) is 2.03. The Bertz CT molecular complexity index is 555. The van der Waals surface area contributed by atoms with E-state index in [2.05, 4.69) is 0 Å². The first kappa shape index (κ1) is 14.3. The summed E-state index contributed by atoms with van der Waals surface area (Å²) in [6.45, 7) is 0.334. The summed E-state index contributed by atoms with van der Waals surface area (Å²) in [5, 5.41) is 0. The number of hydrogen-bond donors (Lipinski definition) is 2. The van der Waals surface area contributed by atoms with Crippen molar-refractivity contribution in [3.05, 3.63) is 23.8 Å². The third-order valence-corrected chi connectivity index (χ3v) is 3.46. The molecule has 0 saturated heterocycles. The highest BCUT2D eigenvalue weighted by molar-refractivity contribution is 7.90. The predicted molar refractivity (Wildman–Crippen MR) is 72.4 cm³/mol. The molecule has 0 unspecified atom stereocenters. The third-order valence-electron chi connectivity index (χ3n) is 2.54. The Labute approximate surface area is 106 Å². The Morgan fingerprint density at radius 1 is 1.39 bits per heavy atom. The number of anilines is 2. The van der Waals surface area contributed by atoms with Gasteiger partial charge in [-0.1, -0.05) is 0 Å². The largest absolute Gasteiger partial charge is 0.398 e. The van der Waals surface area contributed by atoms with Crippen molar-refractivity contribution in [1.29, 1.82) is 0 Å². The average molecular weight is 271 g/mol. The third kappa shape index (κ3) is 3.92. The van der Waals surface area contributed by atoms with Gasteiger partial charge in [-0.2, -0.15) is 0 Å². The molecule has 1 aromatic rings. The van der Waals surface area contributed by atoms with Crippen molar-refractivity contribution in [2.45, 2.75) is 0 Å². The SMILES string of the molecule is CN(CCS(C)(=O)=O)c1ccc(N)c(C(N)=O)c1. The van der Waals surface area contributed by atoms with Gasteiger partial charge in [-0.3, -0.25) is 4.79 Å². The van der Waals surface area contributed by atoms with Crippen molar-refractivity contribution < 1.29 is 13.2 Å². The molecule has 0 atom stereocenters. The van der Waals surface area contributed by atoms with E-state index in [1.165, 1.54) is 6.26 Å². The van der Waals surface area contributed by atoms with Crippen LogP contribution in [-0.2, 0) is 9.84 Å². The highest BCUT2D eigenvalue weighted by Crippen LogP contribution is 2.20. The van der Waals surface area contributed by atoms with Crippen LogP contribution in [0.1, 0.15) is 10.4 Å². The van der Waals surface area contributed by atoms with E-state index < -0.39 is 15.7 Å². The molecular weight excluding hydrogens is 254 g/mol. The van der Waals surface area contributed by atoms with Gasteiger partial charge in [0, 0.05) is 31.2 Å². The quantitative estimate of drug-likeness (QED) is 0.724. The van der Waals surface area contributed by atoms with Crippen LogP contribution in [0.5, 0.6) is 0 Å². The van der Waals surface area contributed by atoms with Gasteiger partial charge in [0.2, 0.25) is 0 Å². The van der Waals surface area contributed by atoms with Crippen LogP contribution in [0.3, 0.4) is 0 Å². The molecule has 0 aromatic heterocycles. The van der Waals surface area contributed by atoms with Gasteiger partial charge in [-0.15, -0.1) is 0 Å². The fourth-order valence-electron chi connectivity index (χ4n) is 1.43. The zero-order chi connectivity index (χ0) is 13.9. The van der Waals surface area contributed by atoms with Crippen molar-refractivity contribution in [2.75, 3.05) is 36.2 Å². The number of primary amides is 1. The van der Waals surface area contributed by atoms with Crippen LogP contribution in [0, 0.1) is 0 Å². The van der Waals surface area contributed by atoms with Gasteiger partial charge in [0.1, 0.15) is 9.84 Å². The maximum atomic E-state index is 11.1. The maximum absolute atomic E-state index is 11.1. The molecule has 0 radical (unpaired) electrons. The molecule has 0 bridgehead atoms. The van der Waals surface area contributed by atoms with Gasteiger partial charge < -0.3 is 16.4 Å². The lowest BCUT2D eigenvalue weighted by molar-refractivity contribution is 0.100. The van der Waals surface area contributed by atoms with E-state index in [1.807, 2.05) is 0 Å². The number of nitrogen functional groups attached to an aromatic ring is 1. The monoisotopic (exact) mass is 271 g/mol. The number of hydrogen-bond acceptors (Lipinski definition) is 5. The summed E-state index contributed by atoms with van der Waals surface area (Å²) in [6.07, 6.45) is 1.18. The van der Waals surface area contributed by atoms with Crippen molar-refractivity contribution in [1.82, 2.24) is 0 Å². The van der Waals surface area contributed by atoms with Gasteiger partial charge in [0.25, 0.3) is 5.91 Å². The molecule has 0 spiro atoms. The predicted octanol–water partition coefficient (Wildman–Crippen LogP) is -0.151. The minimum atomic E-state index is -3.02. The number of rotatable bonds is 5. The topological polar surface area (TPSA) is 106 Å². The molecule has 4 N–H and O–H groups in total. The van der Waals surface area contributed by atoms with E-state index in [4.69, 9.17) is 11.5 Å². The molecule has 0 saturated carbocycles. The number of benzene rings is 1. The average Bonchev–Trinajstić information content (AvgIpc) is 2.25. The summed E-state index contributed by atoms with van der Waals surface area (Å²) < 4.78 is 22.2. The lowest BCUT2D eigenvalue weighted by atomic mass is 10.1. The van der Waals surface area contributed by atoms with Crippen LogP contribution in [-0.4, -0.2) is 39.9 Å². The Kier molecular flexibility index (Phi) is 4.18. The summed E-state index contributed by atoms with van der Waals surface area (Å²) in [5.74, 6) is -0.564. The van der Waals surface area contributed by atoms with Gasteiger partial charge in [0.05, 0.1) is 11.3 Å². The van der Waals surface area contributed by atoms with Gasteiger partial charge in [0.15, 0.2) is 0 Å². The Morgan fingerprint density at radius 2 is 2.00 bits per heavy atom. The minimum absolute atomic E-state index is 0.0414. The summed E-state index contributed by atoms with van der Waals surface area (Å²) in [6, 6.07) is 4.84. The molecule has 0 aliphatic rings. The lowest BCUT2D eigenvalue weighted by Crippen LogP contribution is -2.25. The first-order valence-corrected chi connectivity index (χ1v) is 7.35. The van der Waals surface area contributed by atoms with Crippen molar-refractivity contribution >= 4 is 27.1 Å². The molecule has 0 aliphatic carbocycles. The molecule has 1 aromatic carbocycles. The standard InChI is InChI=1S/C11H17N3O3S/c1-14(5-6-18(2,16)17)8-3-4-10(12)9(7-8)11(13)15/h3-4,7H,5-6,12H2,1-2H3,(H2,13,15). The molecule has 18 heavy (non-hydrogen) atoms. The van der Waals surface area contributed by atoms with Crippen molar-refractivity contribution in [2.24, 2.45) is 5.73 Å². The van der Waals surface area contributed by atoms with Gasteiger partial charge >= 0.3 is 0 Å². The van der Waals surface area contributed by atoms with Crippen molar-refractivity contribution in [3.8, 4) is 0 Å². The number of carbonyl (C=O) groups is 1. The Hall–Kier alpha value is -1.76. The first-order chi connectivity index (χ1) is 8.20. The molecule has 0 heterocycles. The molecule has 1 rings (SSSR count). The fraction of sp³-hybridized carbons (Fsp3) is 0.364. The van der Waals surface area contributed by atoms with E-state index in [9.17, 15) is 13.2 Å². The second kappa shape index (κ2) is 5.26.